The maximum Gasteiger partial charge on any atom is 0.236 e. The van der Waals surface area contributed by atoms with Crippen molar-refractivity contribution in [2.75, 3.05) is 6.54 Å². The van der Waals surface area contributed by atoms with Crippen molar-refractivity contribution in [3.63, 3.8) is 0 Å². The fourth-order valence-corrected chi connectivity index (χ4v) is 1.28. The zero-order chi connectivity index (χ0) is 12.0. The Morgan fingerprint density at radius 1 is 1.50 bits per heavy atom. The molecule has 5 heteroatoms. The Morgan fingerprint density at radius 2 is 2.19 bits per heavy atom. The van der Waals surface area contributed by atoms with Crippen LogP contribution in [0.5, 0.6) is 0 Å². The molecule has 1 amide bonds. The minimum atomic E-state index is -0.261. The largest absolute Gasteiger partial charge is 0.462 e. The molecule has 5 nitrogen and oxygen atoms in total. The molecule has 90 valence electrons. The van der Waals surface area contributed by atoms with Gasteiger partial charge < -0.3 is 14.8 Å². The number of amides is 1. The van der Waals surface area contributed by atoms with Crippen LogP contribution >= 0.6 is 0 Å². The Kier molecular flexibility index (Phi) is 5.01. The van der Waals surface area contributed by atoms with E-state index in [2.05, 4.69) is 10.6 Å². The Hall–Kier alpha value is -1.33. The predicted octanol–water partition coefficient (Wildman–Crippen LogP) is 0.386. The first-order chi connectivity index (χ1) is 7.67. The second-order valence-electron chi connectivity index (χ2n) is 3.52. The molecule has 0 aliphatic carbocycles. The van der Waals surface area contributed by atoms with E-state index in [9.17, 15) is 4.79 Å². The number of nitrogens with one attached hydrogen (secondary N) is 2. The van der Waals surface area contributed by atoms with Gasteiger partial charge in [-0.2, -0.15) is 0 Å². The molecule has 1 aromatic rings. The van der Waals surface area contributed by atoms with E-state index in [0.29, 0.717) is 24.6 Å². The Bertz CT molecular complexity index is 336. The highest BCUT2D eigenvalue weighted by Gasteiger charge is 2.11. The maximum absolute atomic E-state index is 11.4. The van der Waals surface area contributed by atoms with Crippen LogP contribution in [0.1, 0.15) is 25.4 Å². The van der Waals surface area contributed by atoms with Crippen molar-refractivity contribution < 1.29 is 14.3 Å². The minimum Gasteiger partial charge on any atom is -0.462 e. The van der Waals surface area contributed by atoms with Gasteiger partial charge in [-0.1, -0.05) is 0 Å². The van der Waals surface area contributed by atoms with E-state index in [1.807, 2.05) is 6.92 Å². The van der Waals surface area contributed by atoms with Crippen LogP contribution in [0.25, 0.3) is 0 Å². The predicted molar refractivity (Wildman–Crippen MR) is 59.6 cm³/mol. The molecule has 1 heterocycles. The summed E-state index contributed by atoms with van der Waals surface area (Å²) in [4.78, 5) is 11.4. The smallest absolute Gasteiger partial charge is 0.236 e. The van der Waals surface area contributed by atoms with Gasteiger partial charge in [0.15, 0.2) is 0 Å². The van der Waals surface area contributed by atoms with Gasteiger partial charge in [0, 0.05) is 6.54 Å². The quantitative estimate of drug-likeness (QED) is 0.656. The van der Waals surface area contributed by atoms with Crippen molar-refractivity contribution in [2.45, 2.75) is 33.0 Å². The molecule has 0 spiro atoms. The van der Waals surface area contributed by atoms with Crippen LogP contribution in [-0.4, -0.2) is 23.6 Å². The summed E-state index contributed by atoms with van der Waals surface area (Å²) in [6, 6.07) is 3.24. The molecular formula is C11H18N2O3. The summed E-state index contributed by atoms with van der Waals surface area (Å²) in [5.41, 5.74) is 0. The number of hydrogen-bond acceptors (Lipinski definition) is 4. The van der Waals surface area contributed by atoms with Gasteiger partial charge in [0.1, 0.15) is 18.1 Å². The normalized spacial score (nSPS) is 12.4. The number of likely N-dealkylation sites (N-methyl/N-ethyl adjacent to an activating group) is 1. The minimum absolute atomic E-state index is 0.0311. The van der Waals surface area contributed by atoms with E-state index in [4.69, 9.17) is 9.52 Å². The fraction of sp³-hybridized carbons (Fsp3) is 0.545. The lowest BCUT2D eigenvalue weighted by Gasteiger charge is -2.11. The molecule has 0 fully saturated rings. The summed E-state index contributed by atoms with van der Waals surface area (Å²) < 4.78 is 5.28. The van der Waals surface area contributed by atoms with Crippen molar-refractivity contribution in [2.24, 2.45) is 0 Å². The fourth-order valence-electron chi connectivity index (χ4n) is 1.28. The van der Waals surface area contributed by atoms with Gasteiger partial charge in [-0.3, -0.25) is 10.1 Å². The summed E-state index contributed by atoms with van der Waals surface area (Å²) in [7, 11) is 0. The molecule has 0 saturated carbocycles. The monoisotopic (exact) mass is 226 g/mol. The van der Waals surface area contributed by atoms with Gasteiger partial charge in [-0.25, -0.2) is 0 Å². The molecule has 0 bridgehead atoms. The van der Waals surface area contributed by atoms with Crippen molar-refractivity contribution in [1.29, 1.82) is 0 Å². The van der Waals surface area contributed by atoms with Crippen LogP contribution in [-0.2, 0) is 17.9 Å². The summed E-state index contributed by atoms with van der Waals surface area (Å²) in [5.74, 6) is 1.21. The molecule has 0 aliphatic heterocycles. The molecule has 1 atom stereocenters. The van der Waals surface area contributed by atoms with Gasteiger partial charge in [0.25, 0.3) is 0 Å². The van der Waals surface area contributed by atoms with E-state index in [1.165, 1.54) is 0 Å². The van der Waals surface area contributed by atoms with E-state index in [0.717, 1.165) is 0 Å². The third kappa shape index (κ3) is 3.67. The zero-order valence-corrected chi connectivity index (χ0v) is 9.62. The molecule has 16 heavy (non-hydrogen) atoms. The topological polar surface area (TPSA) is 74.5 Å². The first-order valence-electron chi connectivity index (χ1n) is 5.37. The molecule has 3 N–H and O–H groups in total. The first kappa shape index (κ1) is 12.7. The second kappa shape index (κ2) is 6.30. The zero-order valence-electron chi connectivity index (χ0n) is 9.62. The maximum atomic E-state index is 11.4. The van der Waals surface area contributed by atoms with Crippen LogP contribution in [0, 0.1) is 0 Å². The molecular weight excluding hydrogens is 208 g/mol. The standard InChI is InChI=1S/C11H18N2O3/c1-3-12-11(15)8(2)13-6-9-4-5-10(7-14)16-9/h4-5,8,13-14H,3,6-7H2,1-2H3,(H,12,15). The Balaban J connectivity index is 2.36. The van der Waals surface area contributed by atoms with E-state index >= 15 is 0 Å². The number of aliphatic hydroxyl groups excluding tert-OH is 1. The van der Waals surface area contributed by atoms with Crippen molar-refractivity contribution in [3.8, 4) is 0 Å². The van der Waals surface area contributed by atoms with Gasteiger partial charge in [-0.15, -0.1) is 0 Å². The molecule has 0 aromatic carbocycles. The lowest BCUT2D eigenvalue weighted by Crippen LogP contribution is -2.41. The number of carbonyl (C=O) groups is 1. The van der Waals surface area contributed by atoms with Crippen molar-refractivity contribution in [1.82, 2.24) is 10.6 Å². The van der Waals surface area contributed by atoms with Crippen LogP contribution in [0.3, 0.4) is 0 Å². The molecule has 1 rings (SSSR count). The first-order valence-corrected chi connectivity index (χ1v) is 5.37. The lowest BCUT2D eigenvalue weighted by molar-refractivity contribution is -0.122. The average Bonchev–Trinajstić information content (AvgIpc) is 2.74. The van der Waals surface area contributed by atoms with Crippen molar-refractivity contribution >= 4 is 5.91 Å². The third-order valence-corrected chi connectivity index (χ3v) is 2.20. The van der Waals surface area contributed by atoms with Crippen LogP contribution in [0.15, 0.2) is 16.5 Å². The van der Waals surface area contributed by atoms with Gasteiger partial charge in [-0.05, 0) is 26.0 Å². The summed E-state index contributed by atoms with van der Waals surface area (Å²) >= 11 is 0. The van der Waals surface area contributed by atoms with Crippen molar-refractivity contribution in [3.05, 3.63) is 23.7 Å². The molecule has 1 aromatic heterocycles. The Morgan fingerprint density at radius 3 is 2.75 bits per heavy atom. The molecule has 0 aliphatic rings. The molecule has 0 radical (unpaired) electrons. The van der Waals surface area contributed by atoms with Gasteiger partial charge in [0.05, 0.1) is 12.6 Å². The summed E-state index contributed by atoms with van der Waals surface area (Å²) in [6.45, 7) is 4.66. The highest BCUT2D eigenvalue weighted by molar-refractivity contribution is 5.81. The van der Waals surface area contributed by atoms with E-state index < -0.39 is 0 Å². The number of aliphatic hydroxyl groups is 1. The third-order valence-electron chi connectivity index (χ3n) is 2.20. The number of rotatable bonds is 6. The highest BCUT2D eigenvalue weighted by atomic mass is 16.4. The Labute approximate surface area is 94.8 Å². The van der Waals surface area contributed by atoms with E-state index in [1.54, 1.807) is 19.1 Å². The lowest BCUT2D eigenvalue weighted by atomic mass is 10.3. The number of furan rings is 1. The molecule has 1 unspecified atom stereocenters. The SMILES string of the molecule is CCNC(=O)C(C)NCc1ccc(CO)o1. The van der Waals surface area contributed by atoms with Crippen LogP contribution in [0.4, 0.5) is 0 Å². The number of hydrogen-bond donors (Lipinski definition) is 3. The summed E-state index contributed by atoms with van der Waals surface area (Å²) in [6.07, 6.45) is 0. The summed E-state index contributed by atoms with van der Waals surface area (Å²) in [5, 5.41) is 14.6. The average molecular weight is 226 g/mol. The van der Waals surface area contributed by atoms with Gasteiger partial charge in [0.2, 0.25) is 5.91 Å². The van der Waals surface area contributed by atoms with E-state index in [-0.39, 0.29) is 18.6 Å². The van der Waals surface area contributed by atoms with Gasteiger partial charge >= 0.3 is 0 Å². The molecule has 0 saturated heterocycles. The number of carbonyl (C=O) groups excluding carboxylic acids is 1. The van der Waals surface area contributed by atoms with Crippen LogP contribution < -0.4 is 10.6 Å². The van der Waals surface area contributed by atoms with Crippen LogP contribution in [0.2, 0.25) is 0 Å². The second-order valence-corrected chi connectivity index (χ2v) is 3.52. The highest BCUT2D eigenvalue weighted by Crippen LogP contribution is 2.07.